The molecule has 0 heterocycles. The van der Waals surface area contributed by atoms with Crippen LogP contribution in [0.25, 0.3) is 0 Å². The van der Waals surface area contributed by atoms with Crippen LogP contribution in [-0.4, -0.2) is 29.1 Å². The van der Waals surface area contributed by atoms with E-state index in [1.54, 1.807) is 0 Å². The van der Waals surface area contributed by atoms with Gasteiger partial charge in [-0.05, 0) is 48.9 Å². The van der Waals surface area contributed by atoms with E-state index in [-0.39, 0.29) is 24.4 Å². The Kier molecular flexibility index (Phi) is 3.21. The number of carboxylic acids is 1. The smallest absolute Gasteiger partial charge is 0.315 e. The van der Waals surface area contributed by atoms with Crippen LogP contribution in [-0.2, 0) is 9.59 Å². The summed E-state index contributed by atoms with van der Waals surface area (Å²) < 4.78 is 0. The van der Waals surface area contributed by atoms with E-state index in [0.29, 0.717) is 18.3 Å². The predicted octanol–water partition coefficient (Wildman–Crippen LogP) is 2.90. The lowest BCUT2D eigenvalue weighted by Crippen LogP contribution is -2.63. The van der Waals surface area contributed by atoms with Crippen molar-refractivity contribution < 1.29 is 19.8 Å². The lowest BCUT2D eigenvalue weighted by molar-refractivity contribution is -0.184. The fraction of sp³-hybridized carbons (Fsp3) is 0.800. The van der Waals surface area contributed by atoms with Gasteiger partial charge in [0.15, 0.2) is 0 Å². The molecule has 24 heavy (non-hydrogen) atoms. The first-order chi connectivity index (χ1) is 11.3. The Morgan fingerprint density at radius 1 is 1.38 bits per heavy atom. The lowest BCUT2D eigenvalue weighted by atomic mass is 9.43. The van der Waals surface area contributed by atoms with E-state index in [4.69, 9.17) is 0 Å². The van der Waals surface area contributed by atoms with Crippen molar-refractivity contribution in [2.45, 2.75) is 46.5 Å². The molecule has 4 unspecified atom stereocenters. The number of hydrogen-bond donors (Lipinski definition) is 2. The quantitative estimate of drug-likeness (QED) is 0.613. The number of hydrogen-bond acceptors (Lipinski definition) is 3. The number of carboxylic acid groups (broad SMARTS) is 1. The lowest BCUT2D eigenvalue weighted by Gasteiger charge is -2.58. The monoisotopic (exact) mass is 332 g/mol. The number of carbonyl (C=O) groups excluding carboxylic acids is 1. The van der Waals surface area contributed by atoms with Gasteiger partial charge in [0, 0.05) is 5.41 Å². The number of aliphatic hydroxyl groups excluding tert-OH is 1. The van der Waals surface area contributed by atoms with Crippen LogP contribution in [0.4, 0.5) is 0 Å². The second kappa shape index (κ2) is 4.72. The molecule has 4 bridgehead atoms. The molecule has 4 aliphatic carbocycles. The van der Waals surface area contributed by atoms with E-state index in [1.165, 1.54) is 0 Å². The molecular weight excluding hydrogens is 304 g/mol. The number of allylic oxidation sites excluding steroid dienone is 1. The second-order valence-electron chi connectivity index (χ2n) is 9.14. The van der Waals surface area contributed by atoms with Gasteiger partial charge in [-0.2, -0.15) is 0 Å². The maximum atomic E-state index is 12.8. The van der Waals surface area contributed by atoms with Crippen molar-refractivity contribution in [1.29, 1.82) is 0 Å². The van der Waals surface area contributed by atoms with Crippen LogP contribution in [0.15, 0.2) is 11.6 Å². The van der Waals surface area contributed by atoms with Crippen LogP contribution in [0.5, 0.6) is 0 Å². The molecule has 4 nitrogen and oxygen atoms in total. The van der Waals surface area contributed by atoms with Crippen molar-refractivity contribution in [2.24, 2.45) is 45.8 Å². The van der Waals surface area contributed by atoms with E-state index in [1.807, 2.05) is 13.8 Å². The Balaban J connectivity index is 2.03. The van der Waals surface area contributed by atoms with Gasteiger partial charge in [0.05, 0.1) is 12.0 Å². The molecular formula is C20H28O4. The fourth-order valence-corrected chi connectivity index (χ4v) is 7.66. The van der Waals surface area contributed by atoms with Crippen LogP contribution in [0, 0.1) is 45.8 Å². The third-order valence-corrected chi connectivity index (χ3v) is 8.40. The first kappa shape index (κ1) is 16.3. The molecule has 4 aliphatic rings. The largest absolute Gasteiger partial charge is 0.481 e. The van der Waals surface area contributed by atoms with Crippen LogP contribution in [0.1, 0.15) is 46.5 Å². The van der Waals surface area contributed by atoms with Crippen LogP contribution >= 0.6 is 0 Å². The first-order valence-corrected chi connectivity index (χ1v) is 9.35. The average Bonchev–Trinajstić information content (AvgIpc) is 3.11. The predicted molar refractivity (Wildman–Crippen MR) is 89.1 cm³/mol. The molecule has 0 aromatic heterocycles. The minimum absolute atomic E-state index is 0.0130. The van der Waals surface area contributed by atoms with Gasteiger partial charge in [-0.1, -0.05) is 38.8 Å². The van der Waals surface area contributed by atoms with Gasteiger partial charge >= 0.3 is 5.97 Å². The summed E-state index contributed by atoms with van der Waals surface area (Å²) in [5.41, 5.74) is -1.85. The minimum Gasteiger partial charge on any atom is -0.481 e. The molecule has 0 radical (unpaired) electrons. The molecule has 0 amide bonds. The Hall–Kier alpha value is -1.16. The highest BCUT2D eigenvalue weighted by Crippen LogP contribution is 2.82. The number of carbonyl (C=O) groups is 2. The normalized spacial score (nSPS) is 51.6. The van der Waals surface area contributed by atoms with Crippen molar-refractivity contribution in [1.82, 2.24) is 0 Å². The van der Waals surface area contributed by atoms with Gasteiger partial charge in [0.25, 0.3) is 0 Å². The summed E-state index contributed by atoms with van der Waals surface area (Å²) in [5, 5.41) is 20.9. The zero-order chi connectivity index (χ0) is 17.5. The summed E-state index contributed by atoms with van der Waals surface area (Å²) in [6.07, 6.45) is 6.47. The van der Waals surface area contributed by atoms with Crippen molar-refractivity contribution in [3.05, 3.63) is 11.6 Å². The van der Waals surface area contributed by atoms with Gasteiger partial charge < -0.3 is 15.0 Å². The van der Waals surface area contributed by atoms with Gasteiger partial charge in [-0.25, -0.2) is 0 Å². The summed E-state index contributed by atoms with van der Waals surface area (Å²) in [5.74, 6) is 0.215. The number of aliphatic hydroxyl groups is 1. The molecule has 132 valence electrons. The van der Waals surface area contributed by atoms with Gasteiger partial charge in [0.1, 0.15) is 11.7 Å². The first-order valence-electron chi connectivity index (χ1n) is 9.35. The third-order valence-electron chi connectivity index (χ3n) is 8.40. The van der Waals surface area contributed by atoms with Crippen molar-refractivity contribution >= 4 is 12.3 Å². The molecule has 0 aliphatic heterocycles. The van der Waals surface area contributed by atoms with E-state index >= 15 is 0 Å². The van der Waals surface area contributed by atoms with Crippen LogP contribution in [0.3, 0.4) is 0 Å². The summed E-state index contributed by atoms with van der Waals surface area (Å²) in [6.45, 7) is 6.13. The standard InChI is InChI=1S/C20H28O4/c1-11(2)16-6-13-7-19(10-22)15-5-4-12(3)14(15)8-18(13,9-21)20(16,19)17(23)24/h6,10-15,21H,4-5,7-9H2,1-3H3,(H,23,24)/t12?,13?,14?,15?,18-,19+,20-/m1/s1. The minimum atomic E-state index is -1.21. The highest BCUT2D eigenvalue weighted by molar-refractivity contribution is 5.90. The van der Waals surface area contributed by atoms with Crippen molar-refractivity contribution in [3.8, 4) is 0 Å². The number of aliphatic carboxylic acids is 1. The van der Waals surface area contributed by atoms with Gasteiger partial charge in [0.2, 0.25) is 0 Å². The molecule has 0 aromatic rings. The maximum absolute atomic E-state index is 12.8. The topological polar surface area (TPSA) is 74.6 Å². The molecule has 3 saturated carbocycles. The summed E-state index contributed by atoms with van der Waals surface area (Å²) in [4.78, 5) is 25.3. The van der Waals surface area contributed by atoms with Crippen LogP contribution in [0.2, 0.25) is 0 Å². The summed E-state index contributed by atoms with van der Waals surface area (Å²) in [7, 11) is 0. The second-order valence-corrected chi connectivity index (χ2v) is 9.14. The molecule has 0 saturated heterocycles. The summed E-state index contributed by atoms with van der Waals surface area (Å²) >= 11 is 0. The SMILES string of the molecule is CC(C)C1=CC2C[C@]3(C=O)C4CCC(C)C4C[C@]2(CO)[C@]13C(=O)O. The third kappa shape index (κ3) is 1.35. The van der Waals surface area contributed by atoms with E-state index in [9.17, 15) is 19.8 Å². The van der Waals surface area contributed by atoms with Gasteiger partial charge in [-0.3, -0.25) is 4.79 Å². The molecule has 0 spiro atoms. The maximum Gasteiger partial charge on any atom is 0.315 e. The molecule has 2 N–H and O–H groups in total. The molecule has 0 aromatic carbocycles. The molecule has 4 heteroatoms. The Labute approximate surface area is 143 Å². The van der Waals surface area contributed by atoms with E-state index in [0.717, 1.165) is 31.1 Å². The molecule has 4 rings (SSSR count). The van der Waals surface area contributed by atoms with Crippen LogP contribution < -0.4 is 0 Å². The summed E-state index contributed by atoms with van der Waals surface area (Å²) in [6, 6.07) is 0. The molecule has 7 atom stereocenters. The fourth-order valence-electron chi connectivity index (χ4n) is 7.66. The number of fused-ring (bicyclic) bond motifs is 2. The highest BCUT2D eigenvalue weighted by atomic mass is 16.4. The zero-order valence-corrected chi connectivity index (χ0v) is 14.8. The number of rotatable bonds is 4. The Morgan fingerprint density at radius 2 is 2.08 bits per heavy atom. The number of aldehydes is 1. The highest BCUT2D eigenvalue weighted by Gasteiger charge is 2.84. The Morgan fingerprint density at radius 3 is 2.62 bits per heavy atom. The van der Waals surface area contributed by atoms with Gasteiger partial charge in [-0.15, -0.1) is 0 Å². The zero-order valence-electron chi connectivity index (χ0n) is 14.8. The molecule has 3 fully saturated rings. The average molecular weight is 332 g/mol. The van der Waals surface area contributed by atoms with Crippen molar-refractivity contribution in [2.75, 3.05) is 6.61 Å². The van der Waals surface area contributed by atoms with E-state index < -0.39 is 22.2 Å². The van der Waals surface area contributed by atoms with E-state index in [2.05, 4.69) is 13.0 Å². The Bertz CT molecular complexity index is 638. The van der Waals surface area contributed by atoms with Crippen molar-refractivity contribution in [3.63, 3.8) is 0 Å².